The van der Waals surface area contributed by atoms with Crippen molar-refractivity contribution in [3.8, 4) is 11.4 Å². The third-order valence-electron chi connectivity index (χ3n) is 3.27. The largest absolute Gasteiger partial charge is 0.417 e. The molecule has 8 heteroatoms. The maximum atomic E-state index is 13.0. The van der Waals surface area contributed by atoms with Crippen LogP contribution in [0.15, 0.2) is 36.4 Å². The van der Waals surface area contributed by atoms with Gasteiger partial charge in [-0.25, -0.2) is 0 Å². The van der Waals surface area contributed by atoms with Crippen molar-refractivity contribution in [3.63, 3.8) is 0 Å². The van der Waals surface area contributed by atoms with Crippen molar-refractivity contribution in [1.29, 1.82) is 0 Å². The topological polar surface area (TPSA) is 54.9 Å². The van der Waals surface area contributed by atoms with Crippen molar-refractivity contribution in [2.45, 2.75) is 19.0 Å². The first-order valence-corrected chi connectivity index (χ1v) is 7.70. The van der Waals surface area contributed by atoms with E-state index in [2.05, 4.69) is 14.7 Å². The quantitative estimate of drug-likeness (QED) is 0.852. The highest BCUT2D eigenvalue weighted by Crippen LogP contribution is 2.36. The van der Waals surface area contributed by atoms with Gasteiger partial charge in [-0.1, -0.05) is 24.3 Å². The first-order valence-electron chi connectivity index (χ1n) is 6.93. The monoisotopic (exact) mass is 339 g/mol. The minimum Gasteiger partial charge on any atom is -0.297 e. The van der Waals surface area contributed by atoms with Crippen LogP contribution in [0.2, 0.25) is 0 Å². The Bertz CT molecular complexity index is 750. The molecule has 1 amide bonds. The number of carbonyl (C=O) groups is 1. The number of anilines is 1. The second kappa shape index (κ2) is 6.11. The predicted molar refractivity (Wildman–Crippen MR) is 80.8 cm³/mol. The molecule has 0 saturated heterocycles. The molecule has 0 atom stereocenters. The highest BCUT2D eigenvalue weighted by Gasteiger charge is 2.34. The van der Waals surface area contributed by atoms with E-state index in [1.807, 2.05) is 6.08 Å². The lowest BCUT2D eigenvalue weighted by molar-refractivity contribution is -0.137. The van der Waals surface area contributed by atoms with Crippen LogP contribution in [0.3, 0.4) is 0 Å². The van der Waals surface area contributed by atoms with E-state index in [4.69, 9.17) is 0 Å². The van der Waals surface area contributed by atoms with Crippen LogP contribution in [0.1, 0.15) is 18.4 Å². The molecule has 1 aromatic heterocycles. The summed E-state index contributed by atoms with van der Waals surface area (Å²) in [5, 5.41) is 2.68. The normalized spacial score (nSPS) is 15.1. The average molecular weight is 339 g/mol. The Morgan fingerprint density at radius 2 is 2.04 bits per heavy atom. The summed E-state index contributed by atoms with van der Waals surface area (Å²) in [6.07, 6.45) is 0.916. The number of benzene rings is 1. The number of nitrogens with zero attached hydrogens (tertiary/aromatic N) is 2. The third-order valence-corrected chi connectivity index (χ3v) is 3.90. The molecule has 1 aliphatic carbocycles. The molecule has 4 nitrogen and oxygen atoms in total. The summed E-state index contributed by atoms with van der Waals surface area (Å²) in [6.45, 7) is 0. The van der Waals surface area contributed by atoms with E-state index >= 15 is 0 Å². The molecular formula is C15H12F3N3OS. The van der Waals surface area contributed by atoms with Gasteiger partial charge in [0, 0.05) is 17.1 Å². The van der Waals surface area contributed by atoms with Crippen LogP contribution in [-0.2, 0) is 11.0 Å². The molecule has 1 fully saturated rings. The van der Waals surface area contributed by atoms with Crippen molar-refractivity contribution in [2.75, 3.05) is 5.32 Å². The number of hydrogen-bond donors (Lipinski definition) is 1. The van der Waals surface area contributed by atoms with Crippen LogP contribution in [0.5, 0.6) is 0 Å². The fraction of sp³-hybridized carbons (Fsp3) is 0.267. The molecule has 1 saturated carbocycles. The Labute approximate surface area is 134 Å². The van der Waals surface area contributed by atoms with E-state index in [0.29, 0.717) is 5.92 Å². The maximum absolute atomic E-state index is 13.0. The fourth-order valence-corrected chi connectivity index (χ4v) is 2.55. The van der Waals surface area contributed by atoms with Gasteiger partial charge in [-0.05, 0) is 30.9 Å². The summed E-state index contributed by atoms with van der Waals surface area (Å²) in [7, 11) is 0. The second-order valence-corrected chi connectivity index (χ2v) is 5.90. The van der Waals surface area contributed by atoms with Gasteiger partial charge in [-0.15, -0.1) is 0 Å². The molecule has 0 unspecified atom stereocenters. The van der Waals surface area contributed by atoms with Gasteiger partial charge in [-0.3, -0.25) is 10.1 Å². The van der Waals surface area contributed by atoms with E-state index in [1.165, 1.54) is 24.3 Å². The van der Waals surface area contributed by atoms with Crippen LogP contribution in [0.4, 0.5) is 18.3 Å². The number of aromatic nitrogens is 2. The number of carbonyl (C=O) groups excluding carboxylic acids is 1. The summed E-state index contributed by atoms with van der Waals surface area (Å²) in [6, 6.07) is 5.09. The second-order valence-electron chi connectivity index (χ2n) is 5.15. The molecule has 1 heterocycles. The number of alkyl halides is 3. The van der Waals surface area contributed by atoms with Crippen molar-refractivity contribution in [1.82, 2.24) is 9.36 Å². The van der Waals surface area contributed by atoms with E-state index in [1.54, 1.807) is 0 Å². The van der Waals surface area contributed by atoms with Gasteiger partial charge < -0.3 is 0 Å². The zero-order valence-electron chi connectivity index (χ0n) is 11.8. The number of hydrogen-bond acceptors (Lipinski definition) is 4. The Balaban J connectivity index is 1.78. The van der Waals surface area contributed by atoms with Crippen molar-refractivity contribution < 1.29 is 18.0 Å². The van der Waals surface area contributed by atoms with E-state index in [9.17, 15) is 18.0 Å². The fourth-order valence-electron chi connectivity index (χ4n) is 1.97. The van der Waals surface area contributed by atoms with Gasteiger partial charge in [0.1, 0.15) is 0 Å². The van der Waals surface area contributed by atoms with Crippen LogP contribution >= 0.6 is 11.5 Å². The smallest absolute Gasteiger partial charge is 0.297 e. The summed E-state index contributed by atoms with van der Waals surface area (Å²) in [5.41, 5.74) is -0.908. The number of rotatable bonds is 4. The standard InChI is InChI=1S/C15H12F3N3OS/c16-15(17,18)11-4-2-1-3-10(11)13-20-14(23-21-13)19-12(22)8-7-9-5-6-9/h1-4,7-9H,5-6H2,(H,19,20,21,22)/b8-7+. The molecule has 1 N–H and O–H groups in total. The van der Waals surface area contributed by atoms with Crippen LogP contribution in [-0.4, -0.2) is 15.3 Å². The molecule has 0 bridgehead atoms. The molecule has 0 aliphatic heterocycles. The lowest BCUT2D eigenvalue weighted by Crippen LogP contribution is -2.08. The molecule has 0 radical (unpaired) electrons. The minimum atomic E-state index is -4.49. The molecule has 1 aromatic carbocycles. The average Bonchev–Trinajstić information content (AvgIpc) is 3.23. The first kappa shape index (κ1) is 15.7. The Kier molecular flexibility index (Phi) is 4.16. The predicted octanol–water partition coefficient (Wildman–Crippen LogP) is 4.13. The molecular weight excluding hydrogens is 327 g/mol. The Morgan fingerprint density at radius 3 is 2.74 bits per heavy atom. The zero-order valence-corrected chi connectivity index (χ0v) is 12.6. The number of amides is 1. The van der Waals surface area contributed by atoms with Gasteiger partial charge in [0.2, 0.25) is 11.0 Å². The number of halogens is 3. The summed E-state index contributed by atoms with van der Waals surface area (Å²) in [5.74, 6) is 0.0532. The van der Waals surface area contributed by atoms with Crippen molar-refractivity contribution >= 4 is 22.6 Å². The van der Waals surface area contributed by atoms with E-state index in [0.717, 1.165) is 30.4 Å². The molecule has 2 aromatic rings. The lowest BCUT2D eigenvalue weighted by atomic mass is 10.1. The molecule has 0 spiro atoms. The van der Waals surface area contributed by atoms with Gasteiger partial charge >= 0.3 is 6.18 Å². The van der Waals surface area contributed by atoms with Gasteiger partial charge in [0.25, 0.3) is 0 Å². The number of allylic oxidation sites excluding steroid dienone is 1. The minimum absolute atomic E-state index is 0.0515. The summed E-state index contributed by atoms with van der Waals surface area (Å²) in [4.78, 5) is 15.7. The maximum Gasteiger partial charge on any atom is 0.417 e. The zero-order chi connectivity index (χ0) is 16.4. The Hall–Kier alpha value is -2.22. The van der Waals surface area contributed by atoms with E-state index < -0.39 is 11.7 Å². The molecule has 23 heavy (non-hydrogen) atoms. The third kappa shape index (κ3) is 3.95. The van der Waals surface area contributed by atoms with Gasteiger partial charge in [0.05, 0.1) is 5.56 Å². The van der Waals surface area contributed by atoms with Gasteiger partial charge in [0.15, 0.2) is 5.82 Å². The SMILES string of the molecule is O=C(/C=C/C1CC1)Nc1nc(-c2ccccc2C(F)(F)F)ns1. The molecule has 120 valence electrons. The highest BCUT2D eigenvalue weighted by molar-refractivity contribution is 7.10. The Morgan fingerprint density at radius 1 is 1.30 bits per heavy atom. The first-order chi connectivity index (χ1) is 10.9. The van der Waals surface area contributed by atoms with Crippen molar-refractivity contribution in [3.05, 3.63) is 42.0 Å². The van der Waals surface area contributed by atoms with Crippen LogP contribution < -0.4 is 5.32 Å². The van der Waals surface area contributed by atoms with Crippen LogP contribution in [0, 0.1) is 5.92 Å². The van der Waals surface area contributed by atoms with Crippen molar-refractivity contribution in [2.24, 2.45) is 5.92 Å². The van der Waals surface area contributed by atoms with Crippen LogP contribution in [0.25, 0.3) is 11.4 Å². The molecule has 3 rings (SSSR count). The highest BCUT2D eigenvalue weighted by atomic mass is 32.1. The number of nitrogens with one attached hydrogen (secondary N) is 1. The summed E-state index contributed by atoms with van der Waals surface area (Å²) < 4.78 is 42.9. The lowest BCUT2D eigenvalue weighted by Gasteiger charge is -2.09. The summed E-state index contributed by atoms with van der Waals surface area (Å²) >= 11 is 0.848. The molecule has 1 aliphatic rings. The van der Waals surface area contributed by atoms with E-state index in [-0.39, 0.29) is 22.4 Å². The van der Waals surface area contributed by atoms with Gasteiger partial charge in [-0.2, -0.15) is 22.5 Å².